The van der Waals surface area contributed by atoms with Crippen molar-refractivity contribution in [1.82, 2.24) is 0 Å². The molecule has 0 fully saturated rings. The summed E-state index contributed by atoms with van der Waals surface area (Å²) in [6.45, 7) is 2.42. The Balaban J connectivity index is 0.00000324. The third-order valence-electron chi connectivity index (χ3n) is 2.53. The Hall–Kier alpha value is -1.46. The van der Waals surface area contributed by atoms with Gasteiger partial charge >= 0.3 is 5.97 Å². The first-order valence-electron chi connectivity index (χ1n) is 5.75. The van der Waals surface area contributed by atoms with Gasteiger partial charge in [0.25, 0.3) is 0 Å². The van der Waals surface area contributed by atoms with Crippen LogP contribution < -0.4 is 15.2 Å². The predicted molar refractivity (Wildman–Crippen MR) is 75.0 cm³/mol. The van der Waals surface area contributed by atoms with Crippen molar-refractivity contribution in [3.05, 3.63) is 23.8 Å². The monoisotopic (exact) mass is 289 g/mol. The zero-order valence-electron chi connectivity index (χ0n) is 11.3. The van der Waals surface area contributed by atoms with Gasteiger partial charge in [0.2, 0.25) is 0 Å². The highest BCUT2D eigenvalue weighted by molar-refractivity contribution is 5.85. The number of ether oxygens (including phenoxy) is 3. The first-order valence-corrected chi connectivity index (χ1v) is 5.75. The molecule has 0 heterocycles. The first-order chi connectivity index (χ1) is 8.62. The molecule has 0 saturated heterocycles. The first kappa shape index (κ1) is 17.5. The predicted octanol–water partition coefficient (Wildman–Crippen LogP) is 2.08. The van der Waals surface area contributed by atoms with Gasteiger partial charge in [-0.2, -0.15) is 0 Å². The van der Waals surface area contributed by atoms with Crippen molar-refractivity contribution in [2.24, 2.45) is 5.73 Å². The molecule has 0 bridgehead atoms. The number of carbonyl (C=O) groups excluding carboxylic acids is 1. The molecule has 0 spiro atoms. The molecule has 0 radical (unpaired) electrons. The Morgan fingerprint density at radius 2 is 2.00 bits per heavy atom. The quantitative estimate of drug-likeness (QED) is 0.812. The lowest BCUT2D eigenvalue weighted by Crippen LogP contribution is -2.16. The Morgan fingerprint density at radius 3 is 2.53 bits per heavy atom. The minimum Gasteiger partial charge on any atom is -0.493 e. The van der Waals surface area contributed by atoms with Crippen molar-refractivity contribution in [3.63, 3.8) is 0 Å². The van der Waals surface area contributed by atoms with E-state index in [-0.39, 0.29) is 24.8 Å². The van der Waals surface area contributed by atoms with Crippen LogP contribution in [-0.2, 0) is 9.53 Å². The van der Waals surface area contributed by atoms with Crippen LogP contribution in [0.15, 0.2) is 18.2 Å². The van der Waals surface area contributed by atoms with Crippen LogP contribution in [0.2, 0.25) is 0 Å². The summed E-state index contributed by atoms with van der Waals surface area (Å²) in [7, 11) is 2.92. The molecular formula is C13H20ClNO4. The van der Waals surface area contributed by atoms with Gasteiger partial charge in [-0.05, 0) is 24.6 Å². The largest absolute Gasteiger partial charge is 0.493 e. The molecule has 0 unspecified atom stereocenters. The highest BCUT2D eigenvalue weighted by Gasteiger charge is 2.14. The van der Waals surface area contributed by atoms with E-state index in [0.29, 0.717) is 18.1 Å². The van der Waals surface area contributed by atoms with E-state index < -0.39 is 6.04 Å². The normalized spacial score (nSPS) is 11.2. The summed E-state index contributed by atoms with van der Waals surface area (Å²) in [6, 6.07) is 4.96. The number of hydrogen-bond donors (Lipinski definition) is 1. The van der Waals surface area contributed by atoms with E-state index in [2.05, 4.69) is 4.74 Å². The average Bonchev–Trinajstić information content (AvgIpc) is 2.38. The van der Waals surface area contributed by atoms with E-state index in [0.717, 1.165) is 5.56 Å². The topological polar surface area (TPSA) is 70.8 Å². The third-order valence-corrected chi connectivity index (χ3v) is 2.53. The standard InChI is InChI=1S/C13H19NO4.ClH/c1-4-18-12-7-9(5-6-11(12)16-2)10(14)8-13(15)17-3;/h5-7,10H,4,8,14H2,1-3H3;1H/t10-;/m1./s1. The number of rotatable bonds is 6. The fraction of sp³-hybridized carbons (Fsp3) is 0.462. The summed E-state index contributed by atoms with van der Waals surface area (Å²) in [5, 5.41) is 0. The van der Waals surface area contributed by atoms with E-state index in [4.69, 9.17) is 15.2 Å². The molecule has 0 aliphatic rings. The summed E-state index contributed by atoms with van der Waals surface area (Å²) in [6.07, 6.45) is 0.133. The maximum absolute atomic E-state index is 11.2. The van der Waals surface area contributed by atoms with Crippen molar-refractivity contribution in [2.45, 2.75) is 19.4 Å². The Kier molecular flexibility index (Phi) is 7.95. The van der Waals surface area contributed by atoms with Gasteiger partial charge < -0.3 is 19.9 Å². The van der Waals surface area contributed by atoms with Crippen molar-refractivity contribution in [3.8, 4) is 11.5 Å². The van der Waals surface area contributed by atoms with Gasteiger partial charge in [-0.1, -0.05) is 6.07 Å². The molecule has 1 atom stereocenters. The van der Waals surface area contributed by atoms with Gasteiger partial charge in [0.05, 0.1) is 27.2 Å². The second kappa shape index (κ2) is 8.61. The summed E-state index contributed by atoms with van der Waals surface area (Å²) >= 11 is 0. The fourth-order valence-electron chi connectivity index (χ4n) is 1.57. The van der Waals surface area contributed by atoms with E-state index in [1.807, 2.05) is 13.0 Å². The molecule has 0 aromatic heterocycles. The van der Waals surface area contributed by atoms with Crippen LogP contribution in [0.1, 0.15) is 24.9 Å². The highest BCUT2D eigenvalue weighted by Crippen LogP contribution is 2.30. The maximum atomic E-state index is 11.2. The average molecular weight is 290 g/mol. The van der Waals surface area contributed by atoms with Crippen molar-refractivity contribution in [2.75, 3.05) is 20.8 Å². The lowest BCUT2D eigenvalue weighted by atomic mass is 10.0. The fourth-order valence-corrected chi connectivity index (χ4v) is 1.57. The molecule has 19 heavy (non-hydrogen) atoms. The summed E-state index contributed by atoms with van der Waals surface area (Å²) in [5.41, 5.74) is 6.74. The summed E-state index contributed by atoms with van der Waals surface area (Å²) in [5.74, 6) is 0.931. The number of esters is 1. The van der Waals surface area contributed by atoms with E-state index >= 15 is 0 Å². The van der Waals surface area contributed by atoms with E-state index in [1.165, 1.54) is 7.11 Å². The van der Waals surface area contributed by atoms with Gasteiger partial charge in [-0.3, -0.25) is 4.79 Å². The van der Waals surface area contributed by atoms with Crippen LogP contribution in [-0.4, -0.2) is 26.8 Å². The highest BCUT2D eigenvalue weighted by atomic mass is 35.5. The number of nitrogens with two attached hydrogens (primary N) is 1. The Morgan fingerprint density at radius 1 is 1.32 bits per heavy atom. The smallest absolute Gasteiger partial charge is 0.307 e. The SMILES string of the molecule is CCOc1cc([C@H](N)CC(=O)OC)ccc1OC.Cl. The van der Waals surface area contributed by atoms with Gasteiger partial charge in [0.15, 0.2) is 11.5 Å². The van der Waals surface area contributed by atoms with Crippen LogP contribution in [0.3, 0.4) is 0 Å². The molecule has 0 aliphatic heterocycles. The summed E-state index contributed by atoms with van der Waals surface area (Å²) < 4.78 is 15.2. The zero-order chi connectivity index (χ0) is 13.5. The second-order valence-electron chi connectivity index (χ2n) is 3.73. The Labute approximate surface area is 119 Å². The number of hydrogen-bond acceptors (Lipinski definition) is 5. The molecule has 0 aliphatic carbocycles. The Bertz CT molecular complexity index is 412. The lowest BCUT2D eigenvalue weighted by Gasteiger charge is -2.14. The lowest BCUT2D eigenvalue weighted by molar-refractivity contribution is -0.141. The molecule has 0 amide bonds. The number of benzene rings is 1. The van der Waals surface area contributed by atoms with Gasteiger partial charge in [-0.25, -0.2) is 0 Å². The van der Waals surface area contributed by atoms with Crippen LogP contribution >= 0.6 is 12.4 Å². The second-order valence-corrected chi connectivity index (χ2v) is 3.73. The molecular weight excluding hydrogens is 270 g/mol. The van der Waals surface area contributed by atoms with Gasteiger partial charge in [-0.15, -0.1) is 12.4 Å². The minimum absolute atomic E-state index is 0. The molecule has 0 saturated carbocycles. The molecule has 1 rings (SSSR count). The number of halogens is 1. The van der Waals surface area contributed by atoms with Crippen LogP contribution in [0, 0.1) is 0 Å². The van der Waals surface area contributed by atoms with Crippen LogP contribution in [0.4, 0.5) is 0 Å². The molecule has 108 valence electrons. The summed E-state index contributed by atoms with van der Waals surface area (Å²) in [4.78, 5) is 11.2. The van der Waals surface area contributed by atoms with Crippen molar-refractivity contribution < 1.29 is 19.0 Å². The molecule has 6 heteroatoms. The maximum Gasteiger partial charge on any atom is 0.307 e. The molecule has 1 aromatic carbocycles. The zero-order valence-corrected chi connectivity index (χ0v) is 12.2. The van der Waals surface area contributed by atoms with Gasteiger partial charge in [0.1, 0.15) is 0 Å². The van der Waals surface area contributed by atoms with Crippen molar-refractivity contribution in [1.29, 1.82) is 0 Å². The van der Waals surface area contributed by atoms with Crippen molar-refractivity contribution >= 4 is 18.4 Å². The van der Waals surface area contributed by atoms with E-state index in [1.54, 1.807) is 19.2 Å². The number of carbonyl (C=O) groups is 1. The third kappa shape index (κ3) is 4.96. The van der Waals surface area contributed by atoms with Gasteiger partial charge in [0, 0.05) is 6.04 Å². The molecule has 2 N–H and O–H groups in total. The van der Waals surface area contributed by atoms with Crippen LogP contribution in [0.5, 0.6) is 11.5 Å². The number of methoxy groups -OCH3 is 2. The molecule has 1 aromatic rings. The van der Waals surface area contributed by atoms with Crippen LogP contribution in [0.25, 0.3) is 0 Å². The minimum atomic E-state index is -0.414. The van der Waals surface area contributed by atoms with E-state index in [9.17, 15) is 4.79 Å². The molecule has 5 nitrogen and oxygen atoms in total.